The fourth-order valence-electron chi connectivity index (χ4n) is 2.41. The van der Waals surface area contributed by atoms with E-state index in [1.165, 1.54) is 17.0 Å². The SMILES string of the molecule is Cc1cc(CN(C)C(=O)NCc2cccnc2Oc2cccc(F)c2)no1. The van der Waals surface area contributed by atoms with E-state index < -0.39 is 5.82 Å². The molecule has 0 unspecified atom stereocenters. The van der Waals surface area contributed by atoms with Gasteiger partial charge in [-0.1, -0.05) is 17.3 Å². The van der Waals surface area contributed by atoms with Gasteiger partial charge in [0, 0.05) is 37.5 Å². The number of hydrogen-bond acceptors (Lipinski definition) is 5. The van der Waals surface area contributed by atoms with Crippen LogP contribution in [0.1, 0.15) is 17.0 Å². The second-order valence-corrected chi connectivity index (χ2v) is 5.97. The predicted octanol–water partition coefficient (Wildman–Crippen LogP) is 3.65. The minimum Gasteiger partial charge on any atom is -0.439 e. The van der Waals surface area contributed by atoms with Gasteiger partial charge in [-0.25, -0.2) is 14.2 Å². The molecule has 8 heteroatoms. The number of carbonyl (C=O) groups excluding carboxylic acids is 1. The number of benzene rings is 1. The van der Waals surface area contributed by atoms with Gasteiger partial charge in [-0.3, -0.25) is 0 Å². The van der Waals surface area contributed by atoms with Crippen molar-refractivity contribution in [3.8, 4) is 11.6 Å². The molecule has 0 spiro atoms. The maximum absolute atomic E-state index is 13.3. The first kappa shape index (κ1) is 18.4. The number of ether oxygens (including phenoxy) is 1. The number of hydrogen-bond donors (Lipinski definition) is 1. The van der Waals surface area contributed by atoms with Crippen molar-refractivity contribution in [3.05, 3.63) is 71.5 Å². The molecule has 0 saturated carbocycles. The first-order valence-electron chi connectivity index (χ1n) is 8.30. The number of rotatable bonds is 6. The van der Waals surface area contributed by atoms with Crippen molar-refractivity contribution in [2.24, 2.45) is 0 Å². The van der Waals surface area contributed by atoms with E-state index in [4.69, 9.17) is 9.26 Å². The molecule has 2 aromatic heterocycles. The normalized spacial score (nSPS) is 10.5. The van der Waals surface area contributed by atoms with Crippen molar-refractivity contribution < 1.29 is 18.4 Å². The molecular weight excluding hydrogens is 351 g/mol. The molecule has 0 radical (unpaired) electrons. The van der Waals surface area contributed by atoms with Crippen LogP contribution in [0.15, 0.2) is 53.2 Å². The van der Waals surface area contributed by atoms with Crippen LogP contribution in [0.4, 0.5) is 9.18 Å². The minimum atomic E-state index is -0.400. The molecular formula is C19H19FN4O3. The standard InChI is InChI=1S/C19H19FN4O3/c1-13-9-16(23-27-13)12-24(2)19(25)22-11-14-5-4-8-21-18(14)26-17-7-3-6-15(20)10-17/h3-10H,11-12H2,1-2H3,(H,22,25). The summed E-state index contributed by atoms with van der Waals surface area (Å²) < 4.78 is 24.0. The lowest BCUT2D eigenvalue weighted by molar-refractivity contribution is 0.205. The van der Waals surface area contributed by atoms with Crippen LogP contribution in [0.3, 0.4) is 0 Å². The van der Waals surface area contributed by atoms with Gasteiger partial charge in [0.2, 0.25) is 5.88 Å². The van der Waals surface area contributed by atoms with Crippen LogP contribution >= 0.6 is 0 Å². The van der Waals surface area contributed by atoms with E-state index in [1.807, 2.05) is 0 Å². The Morgan fingerprint density at radius 3 is 2.89 bits per heavy atom. The highest BCUT2D eigenvalue weighted by atomic mass is 19.1. The second kappa shape index (κ2) is 8.31. The summed E-state index contributed by atoms with van der Waals surface area (Å²) in [6.45, 7) is 2.32. The fraction of sp³-hybridized carbons (Fsp3) is 0.211. The predicted molar refractivity (Wildman–Crippen MR) is 95.7 cm³/mol. The molecule has 2 heterocycles. The van der Waals surface area contributed by atoms with Crippen LogP contribution in [-0.2, 0) is 13.1 Å². The van der Waals surface area contributed by atoms with Gasteiger partial charge in [-0.15, -0.1) is 0 Å². The number of amides is 2. The van der Waals surface area contributed by atoms with Gasteiger partial charge in [0.1, 0.15) is 23.0 Å². The van der Waals surface area contributed by atoms with Crippen molar-refractivity contribution >= 4 is 6.03 Å². The summed E-state index contributed by atoms with van der Waals surface area (Å²) >= 11 is 0. The molecule has 0 aliphatic rings. The highest BCUT2D eigenvalue weighted by Gasteiger charge is 2.13. The van der Waals surface area contributed by atoms with Crippen LogP contribution in [0.2, 0.25) is 0 Å². The van der Waals surface area contributed by atoms with Gasteiger partial charge >= 0.3 is 6.03 Å². The van der Waals surface area contributed by atoms with Crippen molar-refractivity contribution in [1.29, 1.82) is 0 Å². The number of aromatic nitrogens is 2. The van der Waals surface area contributed by atoms with Gasteiger partial charge in [-0.2, -0.15) is 0 Å². The Bertz CT molecular complexity index is 929. The lowest BCUT2D eigenvalue weighted by Crippen LogP contribution is -2.36. The lowest BCUT2D eigenvalue weighted by atomic mass is 10.2. The zero-order chi connectivity index (χ0) is 19.2. The number of urea groups is 1. The average molecular weight is 370 g/mol. The second-order valence-electron chi connectivity index (χ2n) is 5.97. The zero-order valence-electron chi connectivity index (χ0n) is 15.0. The van der Waals surface area contributed by atoms with E-state index in [1.54, 1.807) is 50.5 Å². The first-order valence-corrected chi connectivity index (χ1v) is 8.30. The molecule has 0 saturated heterocycles. The maximum Gasteiger partial charge on any atom is 0.317 e. The van der Waals surface area contributed by atoms with Gasteiger partial charge in [0.25, 0.3) is 0 Å². The Hall–Kier alpha value is -3.42. The van der Waals surface area contributed by atoms with Crippen LogP contribution in [0, 0.1) is 12.7 Å². The molecule has 0 aliphatic carbocycles. The van der Waals surface area contributed by atoms with Crippen molar-refractivity contribution in [2.45, 2.75) is 20.0 Å². The number of halogens is 1. The highest BCUT2D eigenvalue weighted by Crippen LogP contribution is 2.23. The number of carbonyl (C=O) groups is 1. The Labute approximate surface area is 155 Å². The molecule has 1 aromatic carbocycles. The topological polar surface area (TPSA) is 80.5 Å². The third-order valence-corrected chi connectivity index (χ3v) is 3.71. The van der Waals surface area contributed by atoms with Gasteiger partial charge in [0.15, 0.2) is 0 Å². The van der Waals surface area contributed by atoms with Gasteiger partial charge < -0.3 is 19.5 Å². The molecule has 0 fully saturated rings. The van der Waals surface area contributed by atoms with Crippen molar-refractivity contribution in [1.82, 2.24) is 20.4 Å². The molecule has 2 amide bonds. The van der Waals surface area contributed by atoms with Crippen LogP contribution < -0.4 is 10.1 Å². The molecule has 3 aromatic rings. The quantitative estimate of drug-likeness (QED) is 0.716. The summed E-state index contributed by atoms with van der Waals surface area (Å²) in [6.07, 6.45) is 1.57. The van der Waals surface area contributed by atoms with E-state index in [-0.39, 0.29) is 12.6 Å². The minimum absolute atomic E-state index is 0.208. The van der Waals surface area contributed by atoms with E-state index in [9.17, 15) is 9.18 Å². The maximum atomic E-state index is 13.3. The third-order valence-electron chi connectivity index (χ3n) is 3.71. The lowest BCUT2D eigenvalue weighted by Gasteiger charge is -2.17. The summed E-state index contributed by atoms with van der Waals surface area (Å²) in [4.78, 5) is 17.9. The summed E-state index contributed by atoms with van der Waals surface area (Å²) in [6, 6.07) is 10.8. The van der Waals surface area contributed by atoms with Crippen LogP contribution in [-0.4, -0.2) is 28.1 Å². The van der Waals surface area contributed by atoms with Crippen LogP contribution in [0.25, 0.3) is 0 Å². The first-order chi connectivity index (χ1) is 13.0. The largest absolute Gasteiger partial charge is 0.439 e. The molecule has 3 rings (SSSR count). The smallest absolute Gasteiger partial charge is 0.317 e. The third kappa shape index (κ3) is 5.04. The average Bonchev–Trinajstić information content (AvgIpc) is 3.05. The molecule has 140 valence electrons. The van der Waals surface area contributed by atoms with Crippen molar-refractivity contribution in [2.75, 3.05) is 7.05 Å². The molecule has 0 atom stereocenters. The Kier molecular flexibility index (Phi) is 5.65. The van der Waals surface area contributed by atoms with E-state index in [2.05, 4.69) is 15.5 Å². The monoisotopic (exact) mass is 370 g/mol. The van der Waals surface area contributed by atoms with Gasteiger partial charge in [0.05, 0.1) is 6.54 Å². The summed E-state index contributed by atoms with van der Waals surface area (Å²) in [5.74, 6) is 0.925. The number of nitrogens with zero attached hydrogens (tertiary/aromatic N) is 3. The Morgan fingerprint density at radius 2 is 2.15 bits per heavy atom. The summed E-state index contributed by atoms with van der Waals surface area (Å²) in [7, 11) is 1.66. The number of pyridine rings is 1. The molecule has 7 nitrogen and oxygen atoms in total. The summed E-state index contributed by atoms with van der Waals surface area (Å²) in [5.41, 5.74) is 1.34. The molecule has 27 heavy (non-hydrogen) atoms. The Balaban J connectivity index is 1.61. The number of nitrogens with one attached hydrogen (secondary N) is 1. The van der Waals surface area contributed by atoms with E-state index >= 15 is 0 Å². The molecule has 0 bridgehead atoms. The Morgan fingerprint density at radius 1 is 1.30 bits per heavy atom. The number of aryl methyl sites for hydroxylation is 1. The van der Waals surface area contributed by atoms with Crippen molar-refractivity contribution in [3.63, 3.8) is 0 Å². The van der Waals surface area contributed by atoms with Crippen LogP contribution in [0.5, 0.6) is 11.6 Å². The van der Waals surface area contributed by atoms with Gasteiger partial charge in [-0.05, 0) is 25.1 Å². The van der Waals surface area contributed by atoms with E-state index in [0.29, 0.717) is 35.2 Å². The van der Waals surface area contributed by atoms with E-state index in [0.717, 1.165) is 0 Å². The molecule has 1 N–H and O–H groups in total. The zero-order valence-corrected chi connectivity index (χ0v) is 15.0. The highest BCUT2D eigenvalue weighted by molar-refractivity contribution is 5.73. The molecule has 0 aliphatic heterocycles. The fourth-order valence-corrected chi connectivity index (χ4v) is 2.41. The summed E-state index contributed by atoms with van der Waals surface area (Å²) in [5, 5.41) is 6.67.